The summed E-state index contributed by atoms with van der Waals surface area (Å²) in [4.78, 5) is 27.6. The van der Waals surface area contributed by atoms with E-state index in [1.807, 2.05) is 0 Å². The van der Waals surface area contributed by atoms with Crippen molar-refractivity contribution in [3.8, 4) is 0 Å². The number of carbonyl (C=O) groups is 1. The van der Waals surface area contributed by atoms with Crippen LogP contribution in [0.25, 0.3) is 0 Å². The molecule has 8 nitrogen and oxygen atoms in total. The third kappa shape index (κ3) is 5.08. The lowest BCUT2D eigenvalue weighted by Crippen LogP contribution is -2.39. The molecule has 0 atom stereocenters. The van der Waals surface area contributed by atoms with Crippen molar-refractivity contribution in [1.29, 1.82) is 0 Å². The predicted molar refractivity (Wildman–Crippen MR) is 106 cm³/mol. The van der Waals surface area contributed by atoms with Gasteiger partial charge in [0, 0.05) is 31.9 Å². The Morgan fingerprint density at radius 2 is 2.00 bits per heavy atom. The third-order valence-electron chi connectivity index (χ3n) is 5.02. The molecule has 1 aromatic heterocycles. The summed E-state index contributed by atoms with van der Waals surface area (Å²) in [6.07, 6.45) is 6.37. The highest BCUT2D eigenvalue weighted by Gasteiger charge is 2.22. The minimum atomic E-state index is -0.510. The number of H-pyrrole nitrogens is 1. The summed E-state index contributed by atoms with van der Waals surface area (Å²) in [5, 5.41) is 17.8. The Morgan fingerprint density at radius 3 is 2.64 bits per heavy atom. The molecule has 28 heavy (non-hydrogen) atoms. The molecule has 0 radical (unpaired) electrons. The molecule has 1 aliphatic rings. The van der Waals surface area contributed by atoms with E-state index in [9.17, 15) is 14.9 Å². The lowest BCUT2D eigenvalue weighted by Gasteiger charge is -2.27. The zero-order valence-electron chi connectivity index (χ0n) is 15.6. The van der Waals surface area contributed by atoms with E-state index in [1.54, 1.807) is 23.1 Å². The van der Waals surface area contributed by atoms with Gasteiger partial charge in [0.25, 0.3) is 11.6 Å². The van der Waals surface area contributed by atoms with Crippen LogP contribution >= 0.6 is 11.6 Å². The number of amides is 1. The Kier molecular flexibility index (Phi) is 7.00. The molecule has 2 aromatic rings. The molecular weight excluding hydrogens is 382 g/mol. The Morgan fingerprint density at radius 1 is 1.25 bits per heavy atom. The monoisotopic (exact) mass is 405 g/mol. The topological polar surface area (TPSA) is 95.4 Å². The number of nitro groups is 1. The molecule has 0 aliphatic carbocycles. The molecule has 1 amide bonds. The fourth-order valence-electron chi connectivity index (χ4n) is 3.45. The van der Waals surface area contributed by atoms with Crippen LogP contribution in [0.5, 0.6) is 0 Å². The van der Waals surface area contributed by atoms with Crippen molar-refractivity contribution >= 4 is 23.2 Å². The van der Waals surface area contributed by atoms with Gasteiger partial charge >= 0.3 is 0 Å². The number of aromatic amines is 1. The number of rotatable bonds is 7. The summed E-state index contributed by atoms with van der Waals surface area (Å²) in [5.74, 6) is -0.199. The first-order valence-corrected chi connectivity index (χ1v) is 9.87. The van der Waals surface area contributed by atoms with Crippen molar-refractivity contribution in [1.82, 2.24) is 20.0 Å². The van der Waals surface area contributed by atoms with Crippen LogP contribution in [0.3, 0.4) is 0 Å². The smallest absolute Gasteiger partial charge is 0.288 e. The van der Waals surface area contributed by atoms with E-state index in [4.69, 9.17) is 11.6 Å². The van der Waals surface area contributed by atoms with Crippen molar-refractivity contribution in [2.75, 3.05) is 26.2 Å². The molecule has 2 heterocycles. The van der Waals surface area contributed by atoms with Gasteiger partial charge in [0.1, 0.15) is 10.7 Å². The number of likely N-dealkylation sites (tertiary alicyclic amines) is 1. The SMILES string of the molecule is O=C(c1ccn[nH]1)N(CCN1CCCCCC1)Cc1cccc([N+](=O)[O-])c1Cl. The molecule has 9 heteroatoms. The second-order valence-corrected chi connectivity index (χ2v) is 7.34. The molecule has 0 unspecified atom stereocenters. The minimum Gasteiger partial charge on any atom is -0.332 e. The average molecular weight is 406 g/mol. The molecule has 3 rings (SSSR count). The van der Waals surface area contributed by atoms with Crippen LogP contribution in [0, 0.1) is 10.1 Å². The second kappa shape index (κ2) is 9.66. The highest BCUT2D eigenvalue weighted by molar-refractivity contribution is 6.33. The summed E-state index contributed by atoms with van der Waals surface area (Å²) >= 11 is 6.24. The number of carbonyl (C=O) groups excluding carboxylic acids is 1. The third-order valence-corrected chi connectivity index (χ3v) is 5.46. The van der Waals surface area contributed by atoms with E-state index in [0.717, 1.165) is 19.6 Å². The number of aromatic nitrogens is 2. The number of hydrogen-bond acceptors (Lipinski definition) is 5. The molecule has 1 saturated heterocycles. The van der Waals surface area contributed by atoms with E-state index in [1.165, 1.54) is 37.9 Å². The van der Waals surface area contributed by atoms with Gasteiger partial charge < -0.3 is 9.80 Å². The summed E-state index contributed by atoms with van der Waals surface area (Å²) in [5.41, 5.74) is 0.789. The molecule has 1 aromatic carbocycles. The maximum Gasteiger partial charge on any atom is 0.288 e. The van der Waals surface area contributed by atoms with Crippen molar-refractivity contribution < 1.29 is 9.72 Å². The van der Waals surface area contributed by atoms with Crippen molar-refractivity contribution in [2.24, 2.45) is 0 Å². The Bertz CT molecular complexity index is 804. The summed E-state index contributed by atoms with van der Waals surface area (Å²) < 4.78 is 0. The first-order valence-electron chi connectivity index (χ1n) is 9.49. The van der Waals surface area contributed by atoms with Crippen LogP contribution in [-0.2, 0) is 6.54 Å². The number of halogens is 1. The van der Waals surface area contributed by atoms with Crippen LogP contribution in [0.4, 0.5) is 5.69 Å². The highest BCUT2D eigenvalue weighted by atomic mass is 35.5. The van der Waals surface area contributed by atoms with Gasteiger partial charge in [0.15, 0.2) is 0 Å². The Balaban J connectivity index is 1.77. The number of benzene rings is 1. The first-order chi connectivity index (χ1) is 13.6. The second-order valence-electron chi connectivity index (χ2n) is 6.96. The van der Waals surface area contributed by atoms with Crippen molar-refractivity contribution in [3.63, 3.8) is 0 Å². The van der Waals surface area contributed by atoms with E-state index in [2.05, 4.69) is 15.1 Å². The predicted octanol–water partition coefficient (Wildman–Crippen LogP) is 3.49. The van der Waals surface area contributed by atoms with Gasteiger partial charge in [-0.25, -0.2) is 0 Å². The summed E-state index contributed by atoms with van der Waals surface area (Å²) in [6, 6.07) is 6.29. The van der Waals surface area contributed by atoms with Crippen molar-refractivity contribution in [2.45, 2.75) is 32.2 Å². The fraction of sp³-hybridized carbons (Fsp3) is 0.474. The fourth-order valence-corrected chi connectivity index (χ4v) is 3.71. The molecule has 1 fully saturated rings. The van der Waals surface area contributed by atoms with E-state index in [-0.39, 0.29) is 23.2 Å². The van der Waals surface area contributed by atoms with Crippen LogP contribution in [0.15, 0.2) is 30.5 Å². The minimum absolute atomic E-state index is 0.0738. The number of hydrogen-bond donors (Lipinski definition) is 1. The maximum absolute atomic E-state index is 12.9. The number of nitrogens with one attached hydrogen (secondary N) is 1. The van der Waals surface area contributed by atoms with Gasteiger partial charge in [0.2, 0.25) is 0 Å². The van der Waals surface area contributed by atoms with Crippen molar-refractivity contribution in [3.05, 3.63) is 56.9 Å². The van der Waals surface area contributed by atoms with Crippen LogP contribution in [0.2, 0.25) is 5.02 Å². The lowest BCUT2D eigenvalue weighted by molar-refractivity contribution is -0.384. The standard InChI is InChI=1S/C19H24ClN5O3/c20-18-15(6-5-7-17(18)25(27)28)14-24(19(26)16-8-9-21-22-16)13-12-23-10-3-1-2-4-11-23/h5-9H,1-4,10-14H2,(H,21,22). The van der Waals surface area contributed by atoms with E-state index in [0.29, 0.717) is 17.8 Å². The summed E-state index contributed by atoms with van der Waals surface area (Å²) in [6.45, 7) is 3.53. The lowest BCUT2D eigenvalue weighted by atomic mass is 10.1. The highest BCUT2D eigenvalue weighted by Crippen LogP contribution is 2.29. The summed E-state index contributed by atoms with van der Waals surface area (Å²) in [7, 11) is 0. The average Bonchev–Trinajstić information content (AvgIpc) is 3.10. The molecule has 0 spiro atoms. The Hall–Kier alpha value is -2.45. The van der Waals surface area contributed by atoms with Crippen LogP contribution in [0.1, 0.15) is 41.7 Å². The largest absolute Gasteiger partial charge is 0.332 e. The van der Waals surface area contributed by atoms with Gasteiger partial charge in [0.05, 0.1) is 4.92 Å². The zero-order chi connectivity index (χ0) is 19.9. The van der Waals surface area contributed by atoms with Crippen LogP contribution in [-0.4, -0.2) is 57.0 Å². The molecule has 1 N–H and O–H groups in total. The molecule has 0 bridgehead atoms. The quantitative estimate of drug-likeness (QED) is 0.562. The zero-order valence-corrected chi connectivity index (χ0v) is 16.4. The van der Waals surface area contributed by atoms with E-state index >= 15 is 0 Å². The molecule has 0 saturated carbocycles. The van der Waals surface area contributed by atoms with Gasteiger partial charge in [-0.2, -0.15) is 5.10 Å². The molecule has 1 aliphatic heterocycles. The first kappa shape index (κ1) is 20.3. The van der Waals surface area contributed by atoms with Gasteiger partial charge in [-0.3, -0.25) is 20.0 Å². The number of nitrogens with zero attached hydrogens (tertiary/aromatic N) is 4. The van der Waals surface area contributed by atoms with Gasteiger partial charge in [-0.15, -0.1) is 0 Å². The number of nitro benzene ring substituents is 1. The molecule has 150 valence electrons. The Labute approximate surface area is 168 Å². The van der Waals surface area contributed by atoms with Crippen LogP contribution < -0.4 is 0 Å². The van der Waals surface area contributed by atoms with E-state index < -0.39 is 4.92 Å². The van der Waals surface area contributed by atoms with Gasteiger partial charge in [-0.1, -0.05) is 36.6 Å². The molecular formula is C19H24ClN5O3. The van der Waals surface area contributed by atoms with Gasteiger partial charge in [-0.05, 0) is 37.6 Å². The normalized spacial score (nSPS) is 15.2. The maximum atomic E-state index is 12.9.